The van der Waals surface area contributed by atoms with Crippen LogP contribution in [0.3, 0.4) is 0 Å². The van der Waals surface area contributed by atoms with Crippen LogP contribution in [0.2, 0.25) is 0 Å². The molecule has 0 saturated carbocycles. The highest BCUT2D eigenvalue weighted by Gasteiger charge is 2.41. The standard InChI is InChI=1S/C51H34O.C51H36.C45H32/c1-51(2)45-28-26-33(30-44(45)41-27-25-31-13-3-4-16-35(31)49(41)51)32-14-11-15-34(29-32)47-37-18-5-7-20-39(37)48(40-21-8-6-19-38(40)47)43-23-12-22-42-36-17-9-10-24-46(36)52-50(42)43;1-51(2)47-30-28-36(32-46(47)45-29-27-34-17-6-7-21-39(34)50(45)51)35-18-14-19-37(31-35)48-41-23-10-12-25-43(41)49(44-26-13-11-24-42(44)48)40-22-9-8-20-38(40)33-15-4-3-5-16-33;1-45(2)41-27-25-33(28-40(41)39-26-24-31-14-6-7-15-34(31)44(39)45)43-37-18-10-8-16-35(37)42(36-17-9-11-19-38(36)43)32-22-20-30(21-23-32)29-12-4-3-5-13-29/h3-30H,1-2H3;3-32H,1-2H3;3-28H,1-2H3. The number of hydrogen-bond acceptors (Lipinski definition) is 1. The van der Waals surface area contributed by atoms with Crippen molar-refractivity contribution < 1.29 is 4.42 Å². The molecule has 3 aliphatic carbocycles. The SMILES string of the molecule is CC1(C)c2ccc(-c3c4ccccc4c(-c4ccc(-c5ccccc5)cc4)c4ccccc34)cc2-c2ccc3ccccc3c21.CC1(C)c2ccc(-c3cccc(-c4c5ccccc5c(-c5cccc6c5oc5ccccc56)c5ccccc45)c3)cc2-c2ccc3ccccc3c21.CC1(C)c2ccc(-c3cccc(-c4c5ccccc5c(-c5ccccc5-c5ccccc5)c5ccccc45)c3)cc2-c2ccc3ccccc3c21. The highest BCUT2D eigenvalue weighted by Crippen LogP contribution is 2.59. The molecule has 26 aromatic carbocycles. The largest absolute Gasteiger partial charge is 0.455 e. The number of rotatable bonds is 10. The summed E-state index contributed by atoms with van der Waals surface area (Å²) in [6, 6.07) is 188. The fourth-order valence-corrected chi connectivity index (χ4v) is 26.3. The lowest BCUT2D eigenvalue weighted by Crippen LogP contribution is -2.15. The molecule has 3 aliphatic rings. The van der Waals surface area contributed by atoms with Crippen molar-refractivity contribution in [3.05, 3.63) is 543 Å². The van der Waals surface area contributed by atoms with Crippen LogP contribution in [0.5, 0.6) is 0 Å². The second kappa shape index (κ2) is 34.6. The van der Waals surface area contributed by atoms with E-state index in [1.165, 1.54) is 269 Å². The van der Waals surface area contributed by atoms with Crippen molar-refractivity contribution in [2.24, 2.45) is 0 Å². The van der Waals surface area contributed by atoms with E-state index in [0.717, 1.165) is 27.5 Å². The Morgan fingerprint density at radius 3 is 0.791 bits per heavy atom. The van der Waals surface area contributed by atoms with Crippen LogP contribution >= 0.6 is 0 Å². The minimum atomic E-state index is -0.0712. The smallest absolute Gasteiger partial charge is 0.143 e. The van der Waals surface area contributed by atoms with Gasteiger partial charge >= 0.3 is 0 Å². The summed E-state index contributed by atoms with van der Waals surface area (Å²) in [6.07, 6.45) is 0. The van der Waals surface area contributed by atoms with Crippen molar-refractivity contribution in [3.8, 4) is 145 Å². The van der Waals surface area contributed by atoms with Gasteiger partial charge in [0, 0.05) is 38.1 Å². The quantitative estimate of drug-likeness (QED) is 0.124. The normalized spacial score (nSPS) is 13.2. The molecule has 0 unspecified atom stereocenters. The van der Waals surface area contributed by atoms with Crippen LogP contribution in [0.1, 0.15) is 74.9 Å². The minimum absolute atomic E-state index is 0.0649. The maximum Gasteiger partial charge on any atom is 0.143 e. The molecule has 0 saturated heterocycles. The van der Waals surface area contributed by atoms with Gasteiger partial charge in [-0.2, -0.15) is 0 Å². The lowest BCUT2D eigenvalue weighted by atomic mass is 9.80. The zero-order chi connectivity index (χ0) is 98.8. The summed E-state index contributed by atoms with van der Waals surface area (Å²) < 4.78 is 6.60. The van der Waals surface area contributed by atoms with Crippen molar-refractivity contribution in [3.63, 3.8) is 0 Å². The molecule has 27 aromatic rings. The molecule has 0 bridgehead atoms. The molecule has 0 amide bonds. The van der Waals surface area contributed by atoms with Gasteiger partial charge in [-0.05, 0) is 300 Å². The van der Waals surface area contributed by atoms with Crippen molar-refractivity contribution in [2.75, 3.05) is 0 Å². The Hall–Kier alpha value is -18.1. The van der Waals surface area contributed by atoms with Gasteiger partial charge in [0.2, 0.25) is 0 Å². The van der Waals surface area contributed by atoms with Gasteiger partial charge in [-0.25, -0.2) is 0 Å². The van der Waals surface area contributed by atoms with Crippen molar-refractivity contribution in [2.45, 2.75) is 57.8 Å². The molecule has 148 heavy (non-hydrogen) atoms. The van der Waals surface area contributed by atoms with E-state index in [9.17, 15) is 0 Å². The molecular formula is C147H102O. The molecule has 1 heterocycles. The number of benzene rings is 26. The summed E-state index contributed by atoms with van der Waals surface area (Å²) in [5.41, 5.74) is 43.1. The van der Waals surface area contributed by atoms with E-state index < -0.39 is 0 Å². The Morgan fingerprint density at radius 2 is 0.385 bits per heavy atom. The fourth-order valence-electron chi connectivity index (χ4n) is 26.3. The first-order valence-corrected chi connectivity index (χ1v) is 52.0. The first-order chi connectivity index (χ1) is 72.7. The highest BCUT2D eigenvalue weighted by atomic mass is 16.3. The van der Waals surface area contributed by atoms with Crippen LogP contribution in [-0.4, -0.2) is 0 Å². The minimum Gasteiger partial charge on any atom is -0.455 e. The topological polar surface area (TPSA) is 13.1 Å². The maximum atomic E-state index is 6.60. The van der Waals surface area contributed by atoms with Crippen molar-refractivity contribution in [1.29, 1.82) is 0 Å². The molecular weight excluding hydrogens is 1780 g/mol. The second-order valence-corrected chi connectivity index (χ2v) is 42.1. The van der Waals surface area contributed by atoms with Gasteiger partial charge < -0.3 is 4.42 Å². The Morgan fingerprint density at radius 1 is 0.135 bits per heavy atom. The zero-order valence-electron chi connectivity index (χ0n) is 83.4. The van der Waals surface area contributed by atoms with Gasteiger partial charge in [0.25, 0.3) is 0 Å². The van der Waals surface area contributed by atoms with Crippen molar-refractivity contribution in [1.82, 2.24) is 0 Å². The number of fused-ring (bicyclic) bond motifs is 24. The van der Waals surface area contributed by atoms with E-state index >= 15 is 0 Å². The first-order valence-electron chi connectivity index (χ1n) is 52.0. The Bertz CT molecular complexity index is 10000. The predicted octanol–water partition coefficient (Wildman–Crippen LogP) is 40.9. The first kappa shape index (κ1) is 87.6. The van der Waals surface area contributed by atoms with Crippen LogP contribution in [0.15, 0.2) is 514 Å². The average Bonchev–Trinajstić information content (AvgIpc) is 1.51. The van der Waals surface area contributed by atoms with E-state index in [2.05, 4.69) is 545 Å². The van der Waals surface area contributed by atoms with Gasteiger partial charge in [-0.3, -0.25) is 0 Å². The molecule has 1 nitrogen and oxygen atoms in total. The van der Waals surface area contributed by atoms with Crippen LogP contribution < -0.4 is 0 Å². The van der Waals surface area contributed by atoms with E-state index in [1.54, 1.807) is 0 Å². The maximum absolute atomic E-state index is 6.60. The molecule has 0 fully saturated rings. The molecule has 0 atom stereocenters. The monoisotopic (exact) mass is 1880 g/mol. The Balaban J connectivity index is 0.000000107. The van der Waals surface area contributed by atoms with E-state index in [0.29, 0.717) is 0 Å². The summed E-state index contributed by atoms with van der Waals surface area (Å²) in [6.45, 7) is 14.3. The Labute approximate surface area is 862 Å². The van der Waals surface area contributed by atoms with Crippen LogP contribution in [0.4, 0.5) is 0 Å². The van der Waals surface area contributed by atoms with Crippen LogP contribution in [0, 0.1) is 0 Å². The molecule has 0 aliphatic heterocycles. The summed E-state index contributed by atoms with van der Waals surface area (Å²) in [4.78, 5) is 0. The summed E-state index contributed by atoms with van der Waals surface area (Å²) >= 11 is 0. The Kier molecular flexibility index (Phi) is 20.5. The van der Waals surface area contributed by atoms with Crippen LogP contribution in [0.25, 0.3) is 264 Å². The lowest BCUT2D eigenvalue weighted by Gasteiger charge is -2.23. The third kappa shape index (κ3) is 13.9. The number of hydrogen-bond donors (Lipinski definition) is 0. The third-order valence-electron chi connectivity index (χ3n) is 32.9. The molecule has 30 rings (SSSR count). The van der Waals surface area contributed by atoms with Crippen LogP contribution in [-0.2, 0) is 16.2 Å². The fraction of sp³-hybridized carbons (Fsp3) is 0.0612. The molecule has 1 heteroatoms. The zero-order valence-corrected chi connectivity index (χ0v) is 83.4. The summed E-state index contributed by atoms with van der Waals surface area (Å²) in [5.74, 6) is 0. The van der Waals surface area contributed by atoms with E-state index in [4.69, 9.17) is 4.42 Å². The highest BCUT2D eigenvalue weighted by molar-refractivity contribution is 6.27. The third-order valence-corrected chi connectivity index (χ3v) is 32.9. The molecule has 696 valence electrons. The average molecular weight is 1880 g/mol. The molecule has 0 N–H and O–H groups in total. The van der Waals surface area contributed by atoms with Gasteiger partial charge in [-0.1, -0.05) is 515 Å². The van der Waals surface area contributed by atoms with Gasteiger partial charge in [0.15, 0.2) is 0 Å². The number of furan rings is 1. The summed E-state index contributed by atoms with van der Waals surface area (Å²) in [7, 11) is 0. The summed E-state index contributed by atoms with van der Waals surface area (Å²) in [5, 5.41) is 25.4. The molecule has 0 radical (unpaired) electrons. The number of para-hydroxylation sites is 2. The second-order valence-electron chi connectivity index (χ2n) is 42.1. The predicted molar refractivity (Wildman–Crippen MR) is 631 cm³/mol. The van der Waals surface area contributed by atoms with Crippen molar-refractivity contribution >= 4 is 119 Å². The molecule has 0 spiro atoms. The van der Waals surface area contributed by atoms with Gasteiger partial charge in [0.05, 0.1) is 0 Å². The van der Waals surface area contributed by atoms with Gasteiger partial charge in [-0.15, -0.1) is 0 Å². The van der Waals surface area contributed by atoms with E-state index in [1.807, 2.05) is 6.07 Å². The lowest BCUT2D eigenvalue weighted by molar-refractivity contribution is 0.666. The van der Waals surface area contributed by atoms with Gasteiger partial charge in [0.1, 0.15) is 11.2 Å². The molecule has 1 aromatic heterocycles. The van der Waals surface area contributed by atoms with E-state index in [-0.39, 0.29) is 16.2 Å².